The summed E-state index contributed by atoms with van der Waals surface area (Å²) < 4.78 is 17.3. The van der Waals surface area contributed by atoms with E-state index < -0.39 is 11.8 Å². The van der Waals surface area contributed by atoms with Gasteiger partial charge in [-0.05, 0) is 30.2 Å². The Kier molecular flexibility index (Phi) is 3.86. The Morgan fingerprint density at radius 2 is 2.20 bits per heavy atom. The number of esters is 1. The van der Waals surface area contributed by atoms with Crippen molar-refractivity contribution in [2.75, 3.05) is 7.11 Å². The van der Waals surface area contributed by atoms with Crippen LogP contribution >= 0.6 is 11.6 Å². The first-order valence-corrected chi connectivity index (χ1v) is 4.64. The predicted molar refractivity (Wildman–Crippen MR) is 57.1 cm³/mol. The van der Waals surface area contributed by atoms with Gasteiger partial charge in [0.25, 0.3) is 0 Å². The van der Waals surface area contributed by atoms with E-state index in [1.807, 2.05) is 0 Å². The second-order valence-corrected chi connectivity index (χ2v) is 3.39. The third-order valence-corrected chi connectivity index (χ3v) is 2.20. The molecule has 0 spiro atoms. The van der Waals surface area contributed by atoms with Crippen molar-refractivity contribution in [1.82, 2.24) is 0 Å². The van der Waals surface area contributed by atoms with Crippen molar-refractivity contribution in [2.24, 2.45) is 0 Å². The number of carbonyl (C=O) groups excluding carboxylic acids is 1. The molecule has 80 valence electrons. The second-order valence-electron chi connectivity index (χ2n) is 2.98. The molecule has 0 aliphatic heterocycles. The fourth-order valence-corrected chi connectivity index (χ4v) is 1.24. The molecule has 0 aliphatic rings. The van der Waals surface area contributed by atoms with Gasteiger partial charge < -0.3 is 4.74 Å². The van der Waals surface area contributed by atoms with Gasteiger partial charge in [0, 0.05) is 6.08 Å². The van der Waals surface area contributed by atoms with Crippen molar-refractivity contribution in [1.29, 1.82) is 0 Å². The quantitative estimate of drug-likeness (QED) is 0.575. The maximum absolute atomic E-state index is 12.8. The Morgan fingerprint density at radius 3 is 2.73 bits per heavy atom. The minimum Gasteiger partial charge on any atom is -0.466 e. The lowest BCUT2D eigenvalue weighted by molar-refractivity contribution is -0.134. The Bertz CT molecular complexity index is 413. The fourth-order valence-electron chi connectivity index (χ4n) is 1.06. The summed E-state index contributed by atoms with van der Waals surface area (Å²) >= 11 is 5.61. The predicted octanol–water partition coefficient (Wildman–Crippen LogP) is 3.06. The number of hydrogen-bond donors (Lipinski definition) is 0. The third kappa shape index (κ3) is 3.06. The van der Waals surface area contributed by atoms with Crippen molar-refractivity contribution in [3.05, 3.63) is 40.7 Å². The maximum Gasteiger partial charge on any atom is 0.330 e. The van der Waals surface area contributed by atoms with Gasteiger partial charge in [-0.3, -0.25) is 0 Å². The molecule has 0 aromatic heterocycles. The van der Waals surface area contributed by atoms with Crippen LogP contribution in [0.4, 0.5) is 4.39 Å². The number of rotatable bonds is 2. The Morgan fingerprint density at radius 1 is 1.53 bits per heavy atom. The van der Waals surface area contributed by atoms with Crippen LogP contribution in [0, 0.1) is 5.82 Å². The highest BCUT2D eigenvalue weighted by Crippen LogP contribution is 2.21. The van der Waals surface area contributed by atoms with Crippen molar-refractivity contribution >= 4 is 23.1 Å². The smallest absolute Gasteiger partial charge is 0.330 e. The van der Waals surface area contributed by atoms with E-state index >= 15 is 0 Å². The van der Waals surface area contributed by atoms with Gasteiger partial charge >= 0.3 is 5.97 Å². The normalized spacial score (nSPS) is 11.3. The molecule has 0 aliphatic carbocycles. The first kappa shape index (κ1) is 11.7. The lowest BCUT2D eigenvalue weighted by atomic mass is 10.1. The Labute approximate surface area is 92.3 Å². The summed E-state index contributed by atoms with van der Waals surface area (Å²) in [5, 5.41) is 0.0325. The number of ether oxygens (including phenoxy) is 1. The number of allylic oxidation sites excluding steroid dienone is 1. The summed E-state index contributed by atoms with van der Waals surface area (Å²) in [5.74, 6) is -0.931. The van der Waals surface area contributed by atoms with E-state index in [4.69, 9.17) is 11.6 Å². The summed E-state index contributed by atoms with van der Waals surface area (Å²) in [4.78, 5) is 10.9. The molecule has 0 atom stereocenters. The molecule has 0 saturated carbocycles. The van der Waals surface area contributed by atoms with E-state index in [1.165, 1.54) is 25.3 Å². The van der Waals surface area contributed by atoms with E-state index in [2.05, 4.69) is 4.74 Å². The van der Waals surface area contributed by atoms with Crippen LogP contribution in [0.25, 0.3) is 5.57 Å². The van der Waals surface area contributed by atoms with E-state index in [1.54, 1.807) is 13.0 Å². The molecule has 0 saturated heterocycles. The van der Waals surface area contributed by atoms with Crippen LogP contribution in [-0.2, 0) is 9.53 Å². The van der Waals surface area contributed by atoms with E-state index in [9.17, 15) is 9.18 Å². The number of hydrogen-bond acceptors (Lipinski definition) is 2. The zero-order valence-electron chi connectivity index (χ0n) is 8.38. The van der Waals surface area contributed by atoms with Gasteiger partial charge in [0.15, 0.2) is 0 Å². The summed E-state index contributed by atoms with van der Waals surface area (Å²) in [6.45, 7) is 1.72. The maximum atomic E-state index is 12.8. The first-order chi connectivity index (χ1) is 7.04. The second kappa shape index (κ2) is 4.94. The number of halogens is 2. The standard InChI is InChI=1S/C11H10ClFO2/c1-7(5-11(14)15-2)8-3-4-10(13)9(12)6-8/h3-6H,1-2H3/b7-5-. The lowest BCUT2D eigenvalue weighted by Crippen LogP contribution is -1.95. The van der Waals surface area contributed by atoms with Gasteiger partial charge in [-0.1, -0.05) is 17.7 Å². The van der Waals surface area contributed by atoms with Crippen LogP contribution in [0.15, 0.2) is 24.3 Å². The van der Waals surface area contributed by atoms with E-state index in [-0.39, 0.29) is 5.02 Å². The number of benzene rings is 1. The molecule has 0 radical (unpaired) electrons. The summed E-state index contributed by atoms with van der Waals surface area (Å²) in [6, 6.07) is 4.27. The molecule has 15 heavy (non-hydrogen) atoms. The highest BCUT2D eigenvalue weighted by molar-refractivity contribution is 6.30. The zero-order valence-corrected chi connectivity index (χ0v) is 9.14. The molecule has 2 nitrogen and oxygen atoms in total. The fraction of sp³-hybridized carbons (Fsp3) is 0.182. The minimum absolute atomic E-state index is 0.0325. The molecule has 0 amide bonds. The molecule has 1 aromatic carbocycles. The van der Waals surface area contributed by atoms with Crippen LogP contribution in [-0.4, -0.2) is 13.1 Å². The van der Waals surface area contributed by atoms with Gasteiger partial charge in [0.2, 0.25) is 0 Å². The molecule has 0 N–H and O–H groups in total. The molecular weight excluding hydrogens is 219 g/mol. The van der Waals surface area contributed by atoms with Crippen LogP contribution in [0.1, 0.15) is 12.5 Å². The zero-order chi connectivity index (χ0) is 11.4. The largest absolute Gasteiger partial charge is 0.466 e. The summed E-state index contributed by atoms with van der Waals surface area (Å²) in [6.07, 6.45) is 1.32. The van der Waals surface area contributed by atoms with E-state index in [0.29, 0.717) is 11.1 Å². The summed E-state index contributed by atoms with van der Waals surface area (Å²) in [5.41, 5.74) is 1.36. The van der Waals surface area contributed by atoms with Crippen molar-refractivity contribution in [2.45, 2.75) is 6.92 Å². The van der Waals surface area contributed by atoms with Gasteiger partial charge in [0.05, 0.1) is 12.1 Å². The van der Waals surface area contributed by atoms with Crippen LogP contribution < -0.4 is 0 Å². The molecule has 0 bridgehead atoms. The third-order valence-electron chi connectivity index (χ3n) is 1.91. The van der Waals surface area contributed by atoms with Crippen molar-refractivity contribution in [3.63, 3.8) is 0 Å². The minimum atomic E-state index is -0.480. The van der Waals surface area contributed by atoms with Gasteiger partial charge in [-0.15, -0.1) is 0 Å². The van der Waals surface area contributed by atoms with Gasteiger partial charge in [-0.2, -0.15) is 0 Å². The van der Waals surface area contributed by atoms with Crippen molar-refractivity contribution < 1.29 is 13.9 Å². The van der Waals surface area contributed by atoms with Crippen LogP contribution in [0.3, 0.4) is 0 Å². The average Bonchev–Trinajstić information content (AvgIpc) is 2.21. The van der Waals surface area contributed by atoms with E-state index in [0.717, 1.165) is 0 Å². The SMILES string of the molecule is COC(=O)/C=C(/C)c1ccc(F)c(Cl)c1. The summed E-state index contributed by atoms with van der Waals surface area (Å²) in [7, 11) is 1.30. The topological polar surface area (TPSA) is 26.3 Å². The van der Waals surface area contributed by atoms with Crippen LogP contribution in [0.2, 0.25) is 5.02 Å². The Balaban J connectivity index is 3.01. The highest BCUT2D eigenvalue weighted by Gasteiger charge is 2.04. The Hall–Kier alpha value is -1.35. The molecule has 0 heterocycles. The number of carbonyl (C=O) groups is 1. The molecule has 0 fully saturated rings. The highest BCUT2D eigenvalue weighted by atomic mass is 35.5. The number of methoxy groups -OCH3 is 1. The monoisotopic (exact) mass is 228 g/mol. The van der Waals surface area contributed by atoms with Gasteiger partial charge in [-0.25, -0.2) is 9.18 Å². The molecular formula is C11H10ClFO2. The average molecular weight is 229 g/mol. The van der Waals surface area contributed by atoms with Gasteiger partial charge in [0.1, 0.15) is 5.82 Å². The lowest BCUT2D eigenvalue weighted by Gasteiger charge is -2.02. The molecule has 0 unspecified atom stereocenters. The molecule has 4 heteroatoms. The molecule has 1 aromatic rings. The molecule has 1 rings (SSSR count). The van der Waals surface area contributed by atoms with Crippen molar-refractivity contribution in [3.8, 4) is 0 Å². The van der Waals surface area contributed by atoms with Crippen LogP contribution in [0.5, 0.6) is 0 Å². The first-order valence-electron chi connectivity index (χ1n) is 4.26.